The minimum atomic E-state index is 0.424. The average Bonchev–Trinajstić information content (AvgIpc) is 2.47. The molecule has 0 aliphatic carbocycles. The van der Waals surface area contributed by atoms with Gasteiger partial charge in [0.2, 0.25) is 0 Å². The molecule has 0 aliphatic rings. The van der Waals surface area contributed by atoms with Gasteiger partial charge in [0, 0.05) is 29.4 Å². The Morgan fingerprint density at radius 3 is 2.71 bits per heavy atom. The highest BCUT2D eigenvalue weighted by molar-refractivity contribution is 6.31. The summed E-state index contributed by atoms with van der Waals surface area (Å²) in [6.07, 6.45) is 3.57. The molecule has 0 saturated carbocycles. The monoisotopic (exact) mass is 304 g/mol. The Labute approximate surface area is 131 Å². The molecule has 1 aromatic heterocycles. The molecule has 0 bridgehead atoms. The second-order valence-electron chi connectivity index (χ2n) is 5.18. The molecule has 0 spiro atoms. The van der Waals surface area contributed by atoms with E-state index < -0.39 is 0 Å². The van der Waals surface area contributed by atoms with Crippen molar-refractivity contribution in [2.45, 2.75) is 33.4 Å². The van der Waals surface area contributed by atoms with Crippen molar-refractivity contribution in [3.8, 4) is 16.9 Å². The van der Waals surface area contributed by atoms with Gasteiger partial charge >= 0.3 is 0 Å². The summed E-state index contributed by atoms with van der Waals surface area (Å²) in [5.74, 6) is 0.784. The molecule has 112 valence electrons. The van der Waals surface area contributed by atoms with Crippen LogP contribution in [0.3, 0.4) is 0 Å². The highest BCUT2D eigenvalue weighted by atomic mass is 35.5. The number of aromatic nitrogens is 1. The predicted molar refractivity (Wildman–Crippen MR) is 87.8 cm³/mol. The first-order valence-electron chi connectivity index (χ1n) is 7.20. The van der Waals surface area contributed by atoms with Crippen LogP contribution in [0.2, 0.25) is 5.02 Å². The molecular weight excluding hydrogens is 284 g/mol. The molecule has 0 radical (unpaired) electrons. The Kier molecular flexibility index (Phi) is 5.59. The quantitative estimate of drug-likeness (QED) is 0.864. The number of rotatable bonds is 6. The standard InChI is InChI=1S/C17H21ClN2O/c1-4-21-16-8-14(9-19-11-16)13-5-6-17(18)15(7-13)10-20-12(2)3/h5-9,11-12,20H,4,10H2,1-3H3. The average molecular weight is 305 g/mol. The summed E-state index contributed by atoms with van der Waals surface area (Å²) in [6.45, 7) is 7.59. The van der Waals surface area contributed by atoms with Gasteiger partial charge in [-0.1, -0.05) is 31.5 Å². The number of ether oxygens (including phenoxy) is 1. The van der Waals surface area contributed by atoms with E-state index in [1.165, 1.54) is 0 Å². The maximum Gasteiger partial charge on any atom is 0.138 e. The van der Waals surface area contributed by atoms with Crippen molar-refractivity contribution >= 4 is 11.6 Å². The fourth-order valence-electron chi connectivity index (χ4n) is 2.03. The fourth-order valence-corrected chi connectivity index (χ4v) is 2.21. The van der Waals surface area contributed by atoms with Crippen molar-refractivity contribution in [2.75, 3.05) is 6.61 Å². The molecule has 0 atom stereocenters. The van der Waals surface area contributed by atoms with E-state index in [0.29, 0.717) is 12.6 Å². The van der Waals surface area contributed by atoms with Crippen molar-refractivity contribution in [3.05, 3.63) is 47.2 Å². The lowest BCUT2D eigenvalue weighted by Gasteiger charge is -2.12. The van der Waals surface area contributed by atoms with Gasteiger partial charge in [-0.15, -0.1) is 0 Å². The molecule has 2 aromatic rings. The van der Waals surface area contributed by atoms with Gasteiger partial charge in [0.25, 0.3) is 0 Å². The third-order valence-electron chi connectivity index (χ3n) is 3.10. The van der Waals surface area contributed by atoms with Crippen LogP contribution in [-0.4, -0.2) is 17.6 Å². The van der Waals surface area contributed by atoms with Crippen LogP contribution in [0.4, 0.5) is 0 Å². The van der Waals surface area contributed by atoms with Crippen LogP contribution < -0.4 is 10.1 Å². The van der Waals surface area contributed by atoms with Gasteiger partial charge in [-0.2, -0.15) is 0 Å². The lowest BCUT2D eigenvalue weighted by molar-refractivity contribution is 0.339. The summed E-state index contributed by atoms with van der Waals surface area (Å²) < 4.78 is 5.50. The number of nitrogens with one attached hydrogen (secondary N) is 1. The Balaban J connectivity index is 2.27. The van der Waals surface area contributed by atoms with E-state index in [9.17, 15) is 0 Å². The second kappa shape index (κ2) is 7.43. The summed E-state index contributed by atoms with van der Waals surface area (Å²) in [4.78, 5) is 4.23. The molecular formula is C17H21ClN2O. The van der Waals surface area contributed by atoms with Gasteiger partial charge in [0.15, 0.2) is 0 Å². The molecule has 0 unspecified atom stereocenters. The first kappa shape index (κ1) is 15.8. The molecule has 1 heterocycles. The van der Waals surface area contributed by atoms with E-state index in [1.54, 1.807) is 6.20 Å². The largest absolute Gasteiger partial charge is 0.492 e. The minimum Gasteiger partial charge on any atom is -0.492 e. The molecule has 0 aliphatic heterocycles. The lowest BCUT2D eigenvalue weighted by Crippen LogP contribution is -2.21. The van der Waals surface area contributed by atoms with Crippen molar-refractivity contribution in [1.82, 2.24) is 10.3 Å². The first-order valence-corrected chi connectivity index (χ1v) is 7.58. The molecule has 1 N–H and O–H groups in total. The van der Waals surface area contributed by atoms with Crippen LogP contribution in [0, 0.1) is 0 Å². The van der Waals surface area contributed by atoms with Gasteiger partial charge in [-0.3, -0.25) is 4.98 Å². The van der Waals surface area contributed by atoms with Crippen LogP contribution >= 0.6 is 11.6 Å². The van der Waals surface area contributed by atoms with Crippen LogP contribution in [0.25, 0.3) is 11.1 Å². The maximum atomic E-state index is 6.27. The van der Waals surface area contributed by atoms with Crippen molar-refractivity contribution in [3.63, 3.8) is 0 Å². The SMILES string of the molecule is CCOc1cncc(-c2ccc(Cl)c(CNC(C)C)c2)c1. The highest BCUT2D eigenvalue weighted by Crippen LogP contribution is 2.27. The van der Waals surface area contributed by atoms with Gasteiger partial charge in [-0.25, -0.2) is 0 Å². The molecule has 1 aromatic carbocycles. The third kappa shape index (κ3) is 4.45. The van der Waals surface area contributed by atoms with E-state index in [1.807, 2.05) is 31.3 Å². The Morgan fingerprint density at radius 1 is 1.19 bits per heavy atom. The first-order chi connectivity index (χ1) is 10.1. The highest BCUT2D eigenvalue weighted by Gasteiger charge is 2.06. The zero-order valence-corrected chi connectivity index (χ0v) is 13.4. The Morgan fingerprint density at radius 2 is 2.00 bits per heavy atom. The van der Waals surface area contributed by atoms with E-state index in [4.69, 9.17) is 16.3 Å². The smallest absolute Gasteiger partial charge is 0.138 e. The number of benzene rings is 1. The van der Waals surface area contributed by atoms with Crippen LogP contribution in [-0.2, 0) is 6.54 Å². The molecule has 0 fully saturated rings. The molecule has 0 saturated heterocycles. The van der Waals surface area contributed by atoms with Crippen LogP contribution in [0.15, 0.2) is 36.7 Å². The number of hydrogen-bond donors (Lipinski definition) is 1. The van der Waals surface area contributed by atoms with Gasteiger partial charge < -0.3 is 10.1 Å². The van der Waals surface area contributed by atoms with E-state index in [-0.39, 0.29) is 0 Å². The molecule has 0 amide bonds. The number of nitrogens with zero attached hydrogens (tertiary/aromatic N) is 1. The molecule has 2 rings (SSSR count). The van der Waals surface area contributed by atoms with Crippen molar-refractivity contribution in [1.29, 1.82) is 0 Å². The number of hydrogen-bond acceptors (Lipinski definition) is 3. The minimum absolute atomic E-state index is 0.424. The maximum absolute atomic E-state index is 6.27. The molecule has 3 nitrogen and oxygen atoms in total. The fraction of sp³-hybridized carbons (Fsp3) is 0.353. The topological polar surface area (TPSA) is 34.1 Å². The van der Waals surface area contributed by atoms with E-state index in [0.717, 1.165) is 34.0 Å². The van der Waals surface area contributed by atoms with Crippen molar-refractivity contribution in [2.24, 2.45) is 0 Å². The van der Waals surface area contributed by atoms with Gasteiger partial charge in [0.1, 0.15) is 5.75 Å². The summed E-state index contributed by atoms with van der Waals surface area (Å²) >= 11 is 6.27. The van der Waals surface area contributed by atoms with Crippen LogP contribution in [0.1, 0.15) is 26.3 Å². The third-order valence-corrected chi connectivity index (χ3v) is 3.47. The van der Waals surface area contributed by atoms with Crippen molar-refractivity contribution < 1.29 is 4.74 Å². The molecule has 21 heavy (non-hydrogen) atoms. The van der Waals surface area contributed by atoms with Crippen LogP contribution in [0.5, 0.6) is 5.75 Å². The zero-order chi connectivity index (χ0) is 15.2. The summed E-state index contributed by atoms with van der Waals surface area (Å²) in [7, 11) is 0. The Hall–Kier alpha value is -1.58. The summed E-state index contributed by atoms with van der Waals surface area (Å²) in [5, 5.41) is 4.17. The van der Waals surface area contributed by atoms with Gasteiger partial charge in [0.05, 0.1) is 12.8 Å². The van der Waals surface area contributed by atoms with E-state index >= 15 is 0 Å². The van der Waals surface area contributed by atoms with Gasteiger partial charge in [-0.05, 0) is 36.2 Å². The predicted octanol–water partition coefficient (Wildman–Crippen LogP) is 4.30. The summed E-state index contributed by atoms with van der Waals surface area (Å²) in [5.41, 5.74) is 3.21. The summed E-state index contributed by atoms with van der Waals surface area (Å²) in [6, 6.07) is 8.46. The number of pyridine rings is 1. The number of halogens is 1. The second-order valence-corrected chi connectivity index (χ2v) is 5.59. The lowest BCUT2D eigenvalue weighted by atomic mass is 10.0. The normalized spacial score (nSPS) is 10.9. The molecule has 4 heteroatoms. The van der Waals surface area contributed by atoms with E-state index in [2.05, 4.69) is 30.2 Å². The Bertz CT molecular complexity index is 599. The zero-order valence-electron chi connectivity index (χ0n) is 12.7.